The van der Waals surface area contributed by atoms with Crippen molar-refractivity contribution in [2.45, 2.75) is 50.6 Å². The quantitative estimate of drug-likeness (QED) is 0.455. The van der Waals surface area contributed by atoms with Gasteiger partial charge in [-0.25, -0.2) is 9.97 Å². The fourth-order valence-electron chi connectivity index (χ4n) is 2.09. The van der Waals surface area contributed by atoms with Crippen molar-refractivity contribution in [2.75, 3.05) is 5.75 Å². The Balaban J connectivity index is 1.80. The maximum absolute atomic E-state index is 12.0. The second kappa shape index (κ2) is 8.34. The molecule has 0 aliphatic carbocycles. The van der Waals surface area contributed by atoms with E-state index in [1.165, 1.54) is 31.0 Å². The number of hydrogen-bond acceptors (Lipinski definition) is 5. The second-order valence-electron chi connectivity index (χ2n) is 5.07. The van der Waals surface area contributed by atoms with E-state index in [1.54, 1.807) is 17.7 Å². The third-order valence-electron chi connectivity index (χ3n) is 3.20. The van der Waals surface area contributed by atoms with Crippen LogP contribution in [0.25, 0.3) is 10.2 Å². The number of aromatic nitrogens is 2. The van der Waals surface area contributed by atoms with E-state index in [0.717, 1.165) is 21.7 Å². The van der Waals surface area contributed by atoms with Crippen LogP contribution >= 0.6 is 23.1 Å². The lowest BCUT2D eigenvalue weighted by Crippen LogP contribution is -2.33. The summed E-state index contributed by atoms with van der Waals surface area (Å²) in [5.74, 6) is 0.481. The van der Waals surface area contributed by atoms with E-state index < -0.39 is 0 Å². The molecule has 114 valence electrons. The van der Waals surface area contributed by atoms with Crippen LogP contribution in [-0.2, 0) is 4.79 Å². The molecule has 1 atom stereocenters. The van der Waals surface area contributed by atoms with Gasteiger partial charge in [0.15, 0.2) is 0 Å². The van der Waals surface area contributed by atoms with Gasteiger partial charge in [-0.05, 0) is 24.8 Å². The number of carbonyl (C=O) groups excluding carboxylic acids is 1. The Hall–Kier alpha value is -1.14. The molecule has 2 aromatic rings. The van der Waals surface area contributed by atoms with Crippen molar-refractivity contribution in [3.05, 3.63) is 17.8 Å². The third-order valence-corrected chi connectivity index (χ3v) is 5.23. The molecule has 1 unspecified atom stereocenters. The summed E-state index contributed by atoms with van der Waals surface area (Å²) in [6.07, 6.45) is 6.22. The molecule has 1 amide bonds. The molecule has 0 radical (unpaired) electrons. The lowest BCUT2D eigenvalue weighted by molar-refractivity contribution is -0.119. The first kappa shape index (κ1) is 16.2. The zero-order valence-electron chi connectivity index (χ0n) is 12.5. The number of fused-ring (bicyclic) bond motifs is 1. The van der Waals surface area contributed by atoms with Gasteiger partial charge < -0.3 is 5.32 Å². The monoisotopic (exact) mass is 323 g/mol. The SMILES string of the molecule is CCCCCC(C)NC(=O)CSc1ncnc2ccsc12. The predicted octanol–water partition coefficient (Wildman–Crippen LogP) is 3.87. The minimum absolute atomic E-state index is 0.0762. The summed E-state index contributed by atoms with van der Waals surface area (Å²) < 4.78 is 1.06. The molecule has 0 aromatic carbocycles. The number of unbranched alkanes of at least 4 members (excludes halogenated alkanes) is 2. The summed E-state index contributed by atoms with van der Waals surface area (Å²) in [7, 11) is 0. The van der Waals surface area contributed by atoms with Crippen molar-refractivity contribution < 1.29 is 4.79 Å². The Morgan fingerprint density at radius 3 is 3.10 bits per heavy atom. The normalized spacial score (nSPS) is 12.5. The van der Waals surface area contributed by atoms with E-state index in [0.29, 0.717) is 5.75 Å². The predicted molar refractivity (Wildman–Crippen MR) is 89.9 cm³/mol. The first-order chi connectivity index (χ1) is 10.2. The molecule has 2 heterocycles. The number of thioether (sulfide) groups is 1. The molecule has 4 nitrogen and oxygen atoms in total. The molecule has 0 spiro atoms. The topological polar surface area (TPSA) is 54.9 Å². The molecule has 2 rings (SSSR count). The van der Waals surface area contributed by atoms with Gasteiger partial charge in [-0.3, -0.25) is 4.79 Å². The van der Waals surface area contributed by atoms with E-state index in [2.05, 4.69) is 29.1 Å². The van der Waals surface area contributed by atoms with Gasteiger partial charge in [0, 0.05) is 6.04 Å². The molecule has 2 aromatic heterocycles. The number of thiophene rings is 1. The van der Waals surface area contributed by atoms with E-state index in [1.807, 2.05) is 11.4 Å². The Morgan fingerprint density at radius 2 is 2.29 bits per heavy atom. The van der Waals surface area contributed by atoms with Crippen LogP contribution in [0, 0.1) is 0 Å². The number of nitrogens with one attached hydrogen (secondary N) is 1. The lowest BCUT2D eigenvalue weighted by atomic mass is 10.1. The highest BCUT2D eigenvalue weighted by Gasteiger charge is 2.10. The molecule has 0 aliphatic rings. The van der Waals surface area contributed by atoms with Gasteiger partial charge in [-0.15, -0.1) is 11.3 Å². The Bertz CT molecular complexity index is 585. The smallest absolute Gasteiger partial charge is 0.230 e. The van der Waals surface area contributed by atoms with Crippen LogP contribution in [0.3, 0.4) is 0 Å². The van der Waals surface area contributed by atoms with E-state index >= 15 is 0 Å². The van der Waals surface area contributed by atoms with Crippen LogP contribution in [-0.4, -0.2) is 27.7 Å². The molecular formula is C15H21N3OS2. The molecule has 21 heavy (non-hydrogen) atoms. The highest BCUT2D eigenvalue weighted by atomic mass is 32.2. The van der Waals surface area contributed by atoms with Gasteiger partial charge in [0.25, 0.3) is 0 Å². The van der Waals surface area contributed by atoms with E-state index in [9.17, 15) is 4.79 Å². The third kappa shape index (κ3) is 4.97. The number of carbonyl (C=O) groups is 1. The number of rotatable bonds is 8. The van der Waals surface area contributed by atoms with Gasteiger partial charge in [-0.1, -0.05) is 37.9 Å². The van der Waals surface area contributed by atoms with Gasteiger partial charge in [-0.2, -0.15) is 0 Å². The Kier molecular flexibility index (Phi) is 6.45. The first-order valence-corrected chi connectivity index (χ1v) is 9.17. The molecule has 0 aliphatic heterocycles. The molecule has 0 bridgehead atoms. The van der Waals surface area contributed by atoms with Crippen molar-refractivity contribution in [2.24, 2.45) is 0 Å². The van der Waals surface area contributed by atoms with Gasteiger partial charge in [0.2, 0.25) is 5.91 Å². The Morgan fingerprint density at radius 1 is 1.43 bits per heavy atom. The van der Waals surface area contributed by atoms with Crippen LogP contribution in [0.15, 0.2) is 22.8 Å². The van der Waals surface area contributed by atoms with E-state index in [4.69, 9.17) is 0 Å². The summed E-state index contributed by atoms with van der Waals surface area (Å²) in [5.41, 5.74) is 0.950. The minimum atomic E-state index is 0.0762. The highest BCUT2D eigenvalue weighted by Crippen LogP contribution is 2.28. The largest absolute Gasteiger partial charge is 0.353 e. The van der Waals surface area contributed by atoms with Crippen LogP contribution in [0.4, 0.5) is 0 Å². The molecular weight excluding hydrogens is 302 g/mol. The van der Waals surface area contributed by atoms with Crippen molar-refractivity contribution >= 4 is 39.2 Å². The minimum Gasteiger partial charge on any atom is -0.353 e. The fraction of sp³-hybridized carbons (Fsp3) is 0.533. The summed E-state index contributed by atoms with van der Waals surface area (Å²) in [6.45, 7) is 4.26. The van der Waals surface area contributed by atoms with Crippen LogP contribution in [0.1, 0.15) is 39.5 Å². The van der Waals surface area contributed by atoms with Crippen LogP contribution in [0.2, 0.25) is 0 Å². The van der Waals surface area contributed by atoms with Crippen molar-refractivity contribution in [1.82, 2.24) is 15.3 Å². The molecule has 0 fully saturated rings. The number of amides is 1. The molecule has 0 saturated heterocycles. The summed E-state index contributed by atoms with van der Waals surface area (Å²) in [5, 5.41) is 5.94. The molecule has 6 heteroatoms. The molecule has 0 saturated carbocycles. The van der Waals surface area contributed by atoms with Gasteiger partial charge in [0.1, 0.15) is 11.4 Å². The number of hydrogen-bond donors (Lipinski definition) is 1. The first-order valence-electron chi connectivity index (χ1n) is 7.31. The van der Waals surface area contributed by atoms with Crippen LogP contribution in [0.5, 0.6) is 0 Å². The summed E-state index contributed by atoms with van der Waals surface area (Å²) in [4.78, 5) is 20.4. The average Bonchev–Trinajstić information content (AvgIpc) is 2.94. The Labute approximate surface area is 133 Å². The highest BCUT2D eigenvalue weighted by molar-refractivity contribution is 8.00. The zero-order chi connectivity index (χ0) is 15.1. The lowest BCUT2D eigenvalue weighted by Gasteiger charge is -2.13. The standard InChI is InChI=1S/C15H21N3OS2/c1-3-4-5-6-11(2)18-13(19)9-21-15-14-12(7-8-20-14)16-10-17-15/h7-8,10-11H,3-6,9H2,1-2H3,(H,18,19). The number of nitrogens with zero attached hydrogens (tertiary/aromatic N) is 2. The summed E-state index contributed by atoms with van der Waals surface area (Å²) in [6, 6.07) is 2.22. The van der Waals surface area contributed by atoms with Crippen molar-refractivity contribution in [3.63, 3.8) is 0 Å². The second-order valence-corrected chi connectivity index (χ2v) is 6.95. The van der Waals surface area contributed by atoms with E-state index in [-0.39, 0.29) is 11.9 Å². The maximum Gasteiger partial charge on any atom is 0.230 e. The van der Waals surface area contributed by atoms with Gasteiger partial charge >= 0.3 is 0 Å². The van der Waals surface area contributed by atoms with Crippen molar-refractivity contribution in [1.29, 1.82) is 0 Å². The van der Waals surface area contributed by atoms with Crippen molar-refractivity contribution in [3.8, 4) is 0 Å². The average molecular weight is 323 g/mol. The fourth-order valence-corrected chi connectivity index (χ4v) is 3.85. The maximum atomic E-state index is 12.0. The summed E-state index contributed by atoms with van der Waals surface area (Å²) >= 11 is 3.10. The molecule has 1 N–H and O–H groups in total. The van der Waals surface area contributed by atoms with Crippen LogP contribution < -0.4 is 5.32 Å². The van der Waals surface area contributed by atoms with Gasteiger partial charge in [0.05, 0.1) is 16.0 Å². The zero-order valence-corrected chi connectivity index (χ0v) is 14.1.